The maximum atomic E-state index is 12.9. The van der Waals surface area contributed by atoms with Gasteiger partial charge < -0.3 is 4.90 Å². The van der Waals surface area contributed by atoms with Gasteiger partial charge in [-0.2, -0.15) is 4.31 Å². The molecule has 0 N–H and O–H groups in total. The molecule has 2 aliphatic rings. The number of nitrogens with zero attached hydrogens (tertiary/aromatic N) is 2. The van der Waals surface area contributed by atoms with Crippen molar-refractivity contribution < 1.29 is 13.2 Å². The average Bonchev–Trinajstić information content (AvgIpc) is 2.91. The smallest absolute Gasteiger partial charge is 0.243 e. The molecule has 1 aromatic rings. The maximum Gasteiger partial charge on any atom is 0.243 e. The molecule has 0 spiro atoms. The van der Waals surface area contributed by atoms with E-state index in [2.05, 4.69) is 15.9 Å². The van der Waals surface area contributed by atoms with Gasteiger partial charge in [0.15, 0.2) is 0 Å². The molecule has 0 aromatic heterocycles. The van der Waals surface area contributed by atoms with Gasteiger partial charge in [0.25, 0.3) is 0 Å². The summed E-state index contributed by atoms with van der Waals surface area (Å²) in [6.07, 6.45) is 5.98. The Morgan fingerprint density at radius 3 is 2.24 bits per heavy atom. The number of likely N-dealkylation sites (tertiary alicyclic amines) is 1. The van der Waals surface area contributed by atoms with Gasteiger partial charge in [0.1, 0.15) is 0 Å². The van der Waals surface area contributed by atoms with Crippen molar-refractivity contribution in [3.8, 4) is 0 Å². The van der Waals surface area contributed by atoms with Gasteiger partial charge in [0.05, 0.1) is 10.8 Å². The van der Waals surface area contributed by atoms with Crippen molar-refractivity contribution in [2.24, 2.45) is 5.92 Å². The molecule has 1 aromatic carbocycles. The minimum atomic E-state index is -3.54. The highest BCUT2D eigenvalue weighted by molar-refractivity contribution is 9.10. The number of halogens is 1. The summed E-state index contributed by atoms with van der Waals surface area (Å²) in [5.74, 6) is -0.0744. The van der Waals surface area contributed by atoms with E-state index in [1.54, 1.807) is 24.3 Å². The van der Waals surface area contributed by atoms with E-state index in [1.807, 2.05) is 4.90 Å². The van der Waals surface area contributed by atoms with Gasteiger partial charge in [0, 0.05) is 30.7 Å². The lowest BCUT2D eigenvalue weighted by Gasteiger charge is -2.34. The molecule has 7 heteroatoms. The second-order valence-corrected chi connectivity index (χ2v) is 9.75. The Morgan fingerprint density at radius 2 is 1.60 bits per heavy atom. The molecule has 1 amide bonds. The van der Waals surface area contributed by atoms with E-state index < -0.39 is 10.0 Å². The minimum Gasteiger partial charge on any atom is -0.342 e. The van der Waals surface area contributed by atoms with Crippen LogP contribution >= 0.6 is 15.9 Å². The number of carbonyl (C=O) groups excluding carboxylic acids is 1. The van der Waals surface area contributed by atoms with Gasteiger partial charge in [0.2, 0.25) is 15.9 Å². The number of amides is 1. The van der Waals surface area contributed by atoms with Crippen LogP contribution < -0.4 is 0 Å². The Hall–Kier alpha value is -0.920. The van der Waals surface area contributed by atoms with Gasteiger partial charge in [-0.1, -0.05) is 28.8 Å². The largest absolute Gasteiger partial charge is 0.342 e. The summed E-state index contributed by atoms with van der Waals surface area (Å²) in [6.45, 7) is 2.42. The first-order chi connectivity index (χ1) is 12.0. The molecule has 138 valence electrons. The fourth-order valence-corrected chi connectivity index (χ4v) is 5.46. The first-order valence-electron chi connectivity index (χ1n) is 9.03. The standard InChI is InChI=1S/C18H25BrN2O3S/c19-16-7-9-17(10-8-16)25(23,24)21-13-5-6-15(14-21)18(22)20-11-3-1-2-4-12-20/h7-10,15H,1-6,11-14H2/t15-/m1/s1. The first kappa shape index (κ1) is 18.9. The van der Waals surface area contributed by atoms with Crippen molar-refractivity contribution in [2.45, 2.75) is 43.4 Å². The molecule has 0 radical (unpaired) electrons. The zero-order valence-corrected chi connectivity index (χ0v) is 16.8. The van der Waals surface area contributed by atoms with Gasteiger partial charge >= 0.3 is 0 Å². The molecule has 2 heterocycles. The van der Waals surface area contributed by atoms with Crippen LogP contribution in [-0.2, 0) is 14.8 Å². The van der Waals surface area contributed by atoms with Crippen LogP contribution in [0.15, 0.2) is 33.6 Å². The molecule has 5 nitrogen and oxygen atoms in total. The Morgan fingerprint density at radius 1 is 0.960 bits per heavy atom. The molecule has 2 fully saturated rings. The predicted molar refractivity (Wildman–Crippen MR) is 101 cm³/mol. The molecular formula is C18H25BrN2O3S. The van der Waals surface area contributed by atoms with Crippen LogP contribution in [0.2, 0.25) is 0 Å². The highest BCUT2D eigenvalue weighted by Gasteiger charge is 2.35. The van der Waals surface area contributed by atoms with Gasteiger partial charge in [-0.05, 0) is 49.9 Å². The molecule has 1 atom stereocenters. The van der Waals surface area contributed by atoms with Crippen LogP contribution in [0.5, 0.6) is 0 Å². The third-order valence-corrected chi connectivity index (χ3v) is 7.51. The number of piperidine rings is 1. The molecule has 2 saturated heterocycles. The number of rotatable bonds is 3. The van der Waals surface area contributed by atoms with Gasteiger partial charge in [-0.3, -0.25) is 4.79 Å². The summed E-state index contributed by atoms with van der Waals surface area (Å²) >= 11 is 3.33. The van der Waals surface area contributed by atoms with Crippen LogP contribution in [0, 0.1) is 5.92 Å². The van der Waals surface area contributed by atoms with Crippen LogP contribution in [0.4, 0.5) is 0 Å². The number of hydrogen-bond acceptors (Lipinski definition) is 3. The van der Waals surface area contributed by atoms with E-state index in [4.69, 9.17) is 0 Å². The lowest BCUT2D eigenvalue weighted by Crippen LogP contribution is -2.46. The zero-order valence-electron chi connectivity index (χ0n) is 14.4. The minimum absolute atomic E-state index is 0.137. The second-order valence-electron chi connectivity index (χ2n) is 6.90. The Bertz CT molecular complexity index is 698. The third-order valence-electron chi connectivity index (χ3n) is 5.10. The fourth-order valence-electron chi connectivity index (χ4n) is 3.67. The Kier molecular flexibility index (Phi) is 6.17. The Balaban J connectivity index is 1.71. The fraction of sp³-hybridized carbons (Fsp3) is 0.611. The van der Waals surface area contributed by atoms with E-state index in [0.29, 0.717) is 18.0 Å². The topological polar surface area (TPSA) is 57.7 Å². The van der Waals surface area contributed by atoms with Gasteiger partial charge in [-0.25, -0.2) is 8.42 Å². The van der Waals surface area contributed by atoms with Crippen LogP contribution in [0.25, 0.3) is 0 Å². The summed E-state index contributed by atoms with van der Waals surface area (Å²) < 4.78 is 28.1. The summed E-state index contributed by atoms with van der Waals surface area (Å²) in [6, 6.07) is 6.69. The lowest BCUT2D eigenvalue weighted by atomic mass is 9.98. The molecule has 0 bridgehead atoms. The molecule has 0 aliphatic carbocycles. The highest BCUT2D eigenvalue weighted by Crippen LogP contribution is 2.26. The molecule has 3 rings (SSSR count). The lowest BCUT2D eigenvalue weighted by molar-refractivity contribution is -0.136. The predicted octanol–water partition coefficient (Wildman–Crippen LogP) is 3.25. The van der Waals surface area contributed by atoms with Crippen molar-refractivity contribution in [1.29, 1.82) is 0 Å². The van der Waals surface area contributed by atoms with Crippen LogP contribution in [-0.4, -0.2) is 49.7 Å². The number of benzene rings is 1. The van der Waals surface area contributed by atoms with Crippen molar-refractivity contribution in [2.75, 3.05) is 26.2 Å². The molecule has 25 heavy (non-hydrogen) atoms. The van der Waals surface area contributed by atoms with Crippen molar-refractivity contribution >= 4 is 31.9 Å². The molecule has 0 saturated carbocycles. The molecular weight excluding hydrogens is 404 g/mol. The molecule has 2 aliphatic heterocycles. The van der Waals surface area contributed by atoms with Gasteiger partial charge in [-0.15, -0.1) is 0 Å². The van der Waals surface area contributed by atoms with E-state index in [1.165, 1.54) is 17.1 Å². The van der Waals surface area contributed by atoms with E-state index in [0.717, 1.165) is 43.2 Å². The van der Waals surface area contributed by atoms with Crippen molar-refractivity contribution in [3.63, 3.8) is 0 Å². The zero-order chi connectivity index (χ0) is 17.9. The summed E-state index contributed by atoms with van der Waals surface area (Å²) in [7, 11) is -3.54. The van der Waals surface area contributed by atoms with Crippen LogP contribution in [0.1, 0.15) is 38.5 Å². The molecule has 0 unspecified atom stereocenters. The van der Waals surface area contributed by atoms with E-state index >= 15 is 0 Å². The van der Waals surface area contributed by atoms with Crippen molar-refractivity contribution in [1.82, 2.24) is 9.21 Å². The number of carbonyl (C=O) groups is 1. The average molecular weight is 429 g/mol. The normalized spacial score (nSPS) is 23.2. The van der Waals surface area contributed by atoms with E-state index in [9.17, 15) is 13.2 Å². The Labute approximate surface area is 158 Å². The SMILES string of the molecule is O=C([C@@H]1CCCN(S(=O)(=O)c2ccc(Br)cc2)C1)N1CCCCCC1. The van der Waals surface area contributed by atoms with E-state index in [-0.39, 0.29) is 11.8 Å². The highest BCUT2D eigenvalue weighted by atomic mass is 79.9. The monoisotopic (exact) mass is 428 g/mol. The third kappa shape index (κ3) is 4.44. The summed E-state index contributed by atoms with van der Waals surface area (Å²) in [4.78, 5) is 15.1. The van der Waals surface area contributed by atoms with Crippen molar-refractivity contribution in [3.05, 3.63) is 28.7 Å². The number of sulfonamides is 1. The summed E-state index contributed by atoms with van der Waals surface area (Å²) in [5.41, 5.74) is 0. The second kappa shape index (κ2) is 8.18. The quantitative estimate of drug-likeness (QED) is 0.741. The maximum absolute atomic E-state index is 12.9. The first-order valence-corrected chi connectivity index (χ1v) is 11.3. The number of hydrogen-bond donors (Lipinski definition) is 0. The van der Waals surface area contributed by atoms with Crippen LogP contribution in [0.3, 0.4) is 0 Å². The summed E-state index contributed by atoms with van der Waals surface area (Å²) in [5, 5.41) is 0.